The van der Waals surface area contributed by atoms with Crippen LogP contribution in [0.4, 0.5) is 5.69 Å². The van der Waals surface area contributed by atoms with Crippen LogP contribution in [0.3, 0.4) is 0 Å². The van der Waals surface area contributed by atoms with Gasteiger partial charge in [0.2, 0.25) is 5.91 Å². The second-order valence-corrected chi connectivity index (χ2v) is 8.65. The predicted molar refractivity (Wildman–Crippen MR) is 118 cm³/mol. The zero-order valence-corrected chi connectivity index (χ0v) is 18.5. The molecule has 1 atom stereocenters. The van der Waals surface area contributed by atoms with Crippen LogP contribution in [0.25, 0.3) is 0 Å². The van der Waals surface area contributed by atoms with Crippen LogP contribution in [0.5, 0.6) is 5.75 Å². The molecule has 6 nitrogen and oxygen atoms in total. The fraction of sp³-hybridized carbons (Fsp3) is 0.400. The molecule has 0 radical (unpaired) electrons. The first-order valence-electron chi connectivity index (χ1n) is 10.8. The zero-order chi connectivity index (χ0) is 22.3. The summed E-state index contributed by atoms with van der Waals surface area (Å²) in [6.07, 6.45) is 1.65. The molecule has 0 aliphatic carbocycles. The van der Waals surface area contributed by atoms with Crippen molar-refractivity contribution >= 4 is 23.5 Å². The first-order chi connectivity index (χ1) is 14.7. The minimum atomic E-state index is -0.698. The Kier molecular flexibility index (Phi) is 5.33. The summed E-state index contributed by atoms with van der Waals surface area (Å²) in [4.78, 5) is 41.9. The lowest BCUT2D eigenvalue weighted by molar-refractivity contribution is -0.134. The van der Waals surface area contributed by atoms with E-state index in [1.807, 2.05) is 58.0 Å². The first kappa shape index (κ1) is 21.1. The number of hydrogen-bond acceptors (Lipinski definition) is 4. The van der Waals surface area contributed by atoms with Crippen LogP contribution in [0.2, 0.25) is 0 Å². The highest BCUT2D eigenvalue weighted by Crippen LogP contribution is 2.44. The van der Waals surface area contributed by atoms with E-state index in [-0.39, 0.29) is 24.2 Å². The van der Waals surface area contributed by atoms with Gasteiger partial charge >= 0.3 is 5.97 Å². The second-order valence-electron chi connectivity index (χ2n) is 8.65. The van der Waals surface area contributed by atoms with Gasteiger partial charge in [0, 0.05) is 19.4 Å². The molecule has 2 aromatic carbocycles. The fourth-order valence-corrected chi connectivity index (χ4v) is 4.67. The lowest BCUT2D eigenvalue weighted by Gasteiger charge is -2.48. The van der Waals surface area contributed by atoms with Crippen LogP contribution in [-0.2, 0) is 9.59 Å². The fourth-order valence-electron chi connectivity index (χ4n) is 4.67. The van der Waals surface area contributed by atoms with Crippen molar-refractivity contribution in [2.75, 3.05) is 11.4 Å². The average molecular weight is 421 g/mol. The van der Waals surface area contributed by atoms with E-state index in [0.29, 0.717) is 42.8 Å². The molecule has 0 N–H and O–H groups in total. The molecule has 0 aromatic heterocycles. The summed E-state index contributed by atoms with van der Waals surface area (Å²) in [5.41, 5.74) is 3.47. The zero-order valence-electron chi connectivity index (χ0n) is 18.5. The molecule has 0 bridgehead atoms. The van der Waals surface area contributed by atoms with Crippen molar-refractivity contribution in [3.8, 4) is 5.75 Å². The number of amides is 2. The lowest BCUT2D eigenvalue weighted by atomic mass is 9.98. The molecule has 0 saturated carbocycles. The SMILES string of the molecule is Cc1ccc(C)c(OC(=O)CCCN2C(=O)c3ccccc3N3C(=O)CCC23C)c1C. The lowest BCUT2D eigenvalue weighted by Crippen LogP contribution is -2.62. The third-order valence-electron chi connectivity index (χ3n) is 6.60. The van der Waals surface area contributed by atoms with Gasteiger partial charge in [-0.1, -0.05) is 24.3 Å². The van der Waals surface area contributed by atoms with Crippen molar-refractivity contribution in [1.82, 2.24) is 4.90 Å². The van der Waals surface area contributed by atoms with Gasteiger partial charge in [-0.2, -0.15) is 0 Å². The van der Waals surface area contributed by atoms with Crippen molar-refractivity contribution in [2.45, 2.75) is 59.0 Å². The smallest absolute Gasteiger partial charge is 0.311 e. The van der Waals surface area contributed by atoms with Gasteiger partial charge in [0.1, 0.15) is 11.4 Å². The molecule has 4 rings (SSSR count). The largest absolute Gasteiger partial charge is 0.426 e. The van der Waals surface area contributed by atoms with Gasteiger partial charge in [0.15, 0.2) is 0 Å². The number of carbonyl (C=O) groups is 3. The molecule has 2 amide bonds. The van der Waals surface area contributed by atoms with E-state index in [2.05, 4.69) is 0 Å². The number of nitrogens with zero attached hydrogens (tertiary/aromatic N) is 2. The third-order valence-corrected chi connectivity index (χ3v) is 6.60. The molecular weight excluding hydrogens is 392 g/mol. The number of esters is 1. The summed E-state index contributed by atoms with van der Waals surface area (Å²) < 4.78 is 5.65. The van der Waals surface area contributed by atoms with Crippen molar-refractivity contribution in [3.05, 3.63) is 58.7 Å². The molecule has 1 saturated heterocycles. The van der Waals surface area contributed by atoms with Crippen molar-refractivity contribution in [2.24, 2.45) is 0 Å². The maximum Gasteiger partial charge on any atom is 0.311 e. The molecular formula is C25H28N2O4. The van der Waals surface area contributed by atoms with Gasteiger partial charge in [-0.25, -0.2) is 0 Å². The average Bonchev–Trinajstić information content (AvgIpc) is 3.06. The maximum atomic E-state index is 13.2. The highest BCUT2D eigenvalue weighted by molar-refractivity contribution is 6.10. The molecule has 0 spiro atoms. The van der Waals surface area contributed by atoms with Gasteiger partial charge in [0.25, 0.3) is 5.91 Å². The Labute approximate surface area is 182 Å². The standard InChI is InChI=1S/C25H28N2O4/c1-16-11-12-17(2)23(18(16)3)31-22(29)10-7-15-26-24(30)19-8-5-6-9-20(19)27-21(28)13-14-25(26,27)4/h5-6,8-9,11-12H,7,10,13-15H2,1-4H3. The first-order valence-corrected chi connectivity index (χ1v) is 10.8. The summed E-state index contributed by atoms with van der Waals surface area (Å²) in [7, 11) is 0. The van der Waals surface area contributed by atoms with Crippen LogP contribution in [-0.4, -0.2) is 34.9 Å². The number of benzene rings is 2. The molecule has 1 fully saturated rings. The topological polar surface area (TPSA) is 66.9 Å². The van der Waals surface area contributed by atoms with Gasteiger partial charge in [-0.15, -0.1) is 0 Å². The summed E-state index contributed by atoms with van der Waals surface area (Å²) in [5, 5.41) is 0. The van der Waals surface area contributed by atoms with Crippen LogP contribution in [0.1, 0.15) is 59.7 Å². The number of hydrogen-bond donors (Lipinski definition) is 0. The van der Waals surface area contributed by atoms with E-state index in [9.17, 15) is 14.4 Å². The van der Waals surface area contributed by atoms with E-state index in [4.69, 9.17) is 4.74 Å². The molecule has 2 aliphatic rings. The van der Waals surface area contributed by atoms with Crippen LogP contribution >= 0.6 is 0 Å². The highest BCUT2D eigenvalue weighted by Gasteiger charge is 2.52. The van der Waals surface area contributed by atoms with E-state index in [1.165, 1.54) is 0 Å². The number of para-hydroxylation sites is 1. The Hall–Kier alpha value is -3.15. The minimum Gasteiger partial charge on any atom is -0.426 e. The molecule has 162 valence electrons. The predicted octanol–water partition coefficient (Wildman–Crippen LogP) is 4.30. The summed E-state index contributed by atoms with van der Waals surface area (Å²) in [6, 6.07) is 11.2. The third kappa shape index (κ3) is 3.50. The normalized spacial score (nSPS) is 20.0. The highest BCUT2D eigenvalue weighted by atomic mass is 16.5. The Morgan fingerprint density at radius 3 is 2.55 bits per heavy atom. The number of fused-ring (bicyclic) bond motifs is 3. The molecule has 2 aliphatic heterocycles. The Balaban J connectivity index is 1.48. The maximum absolute atomic E-state index is 13.2. The van der Waals surface area contributed by atoms with Crippen molar-refractivity contribution < 1.29 is 19.1 Å². The Morgan fingerprint density at radius 2 is 1.77 bits per heavy atom. The van der Waals surface area contributed by atoms with Crippen LogP contribution in [0, 0.1) is 20.8 Å². The second kappa shape index (κ2) is 7.84. The number of ether oxygens (including phenoxy) is 1. The molecule has 6 heteroatoms. The Morgan fingerprint density at radius 1 is 1.06 bits per heavy atom. The number of rotatable bonds is 5. The van der Waals surface area contributed by atoms with E-state index in [1.54, 1.807) is 15.9 Å². The van der Waals surface area contributed by atoms with Gasteiger partial charge in [-0.3, -0.25) is 19.3 Å². The van der Waals surface area contributed by atoms with Crippen molar-refractivity contribution in [1.29, 1.82) is 0 Å². The Bertz CT molecular complexity index is 1080. The summed E-state index contributed by atoms with van der Waals surface area (Å²) in [5.74, 6) is 0.235. The van der Waals surface area contributed by atoms with Crippen LogP contribution < -0.4 is 9.64 Å². The molecule has 2 aromatic rings. The summed E-state index contributed by atoms with van der Waals surface area (Å²) >= 11 is 0. The number of aryl methyl sites for hydroxylation is 2. The van der Waals surface area contributed by atoms with Gasteiger partial charge in [0.05, 0.1) is 11.3 Å². The molecule has 1 unspecified atom stereocenters. The number of anilines is 1. The van der Waals surface area contributed by atoms with E-state index < -0.39 is 5.66 Å². The number of carbonyl (C=O) groups excluding carboxylic acids is 3. The van der Waals surface area contributed by atoms with Crippen molar-refractivity contribution in [3.63, 3.8) is 0 Å². The summed E-state index contributed by atoms with van der Waals surface area (Å²) in [6.45, 7) is 8.17. The minimum absolute atomic E-state index is 0.0252. The monoisotopic (exact) mass is 420 g/mol. The molecule has 31 heavy (non-hydrogen) atoms. The molecule has 2 heterocycles. The van der Waals surface area contributed by atoms with E-state index in [0.717, 1.165) is 16.7 Å². The van der Waals surface area contributed by atoms with Crippen LogP contribution in [0.15, 0.2) is 36.4 Å². The van der Waals surface area contributed by atoms with E-state index >= 15 is 0 Å². The quantitative estimate of drug-likeness (QED) is 0.534. The van der Waals surface area contributed by atoms with Gasteiger partial charge < -0.3 is 9.64 Å². The van der Waals surface area contributed by atoms with Gasteiger partial charge in [-0.05, 0) is 69.4 Å².